The van der Waals surface area contributed by atoms with E-state index in [1.807, 2.05) is 11.9 Å². The summed E-state index contributed by atoms with van der Waals surface area (Å²) in [5, 5.41) is 0. The van der Waals surface area contributed by atoms with Gasteiger partial charge in [0, 0.05) is 25.4 Å². The van der Waals surface area contributed by atoms with E-state index in [1.165, 1.54) is 38.5 Å². The quantitative estimate of drug-likeness (QED) is 0.526. The summed E-state index contributed by atoms with van der Waals surface area (Å²) in [5.74, 6) is 0.641. The molecule has 0 unspecified atom stereocenters. The summed E-state index contributed by atoms with van der Waals surface area (Å²) in [7, 11) is 1.92. The molecule has 0 saturated heterocycles. The van der Waals surface area contributed by atoms with E-state index in [0.29, 0.717) is 18.3 Å². The highest BCUT2D eigenvalue weighted by Crippen LogP contribution is 2.21. The molecule has 14 heavy (non-hydrogen) atoms. The van der Waals surface area contributed by atoms with Crippen LogP contribution < -0.4 is 0 Å². The van der Waals surface area contributed by atoms with Crippen LogP contribution in [0.2, 0.25) is 0 Å². The number of nitrogens with zero attached hydrogens (tertiary/aromatic N) is 1. The number of hydrogen-bond donors (Lipinski definition) is 0. The average molecular weight is 218 g/mol. The van der Waals surface area contributed by atoms with E-state index in [2.05, 4.69) is 0 Å². The molecule has 0 spiro atoms. The minimum Gasteiger partial charge on any atom is -0.343 e. The van der Waals surface area contributed by atoms with Crippen LogP contribution in [0.25, 0.3) is 0 Å². The maximum atomic E-state index is 11.6. The van der Waals surface area contributed by atoms with E-state index in [1.54, 1.807) is 0 Å². The van der Waals surface area contributed by atoms with Crippen molar-refractivity contribution in [1.82, 2.24) is 4.90 Å². The van der Waals surface area contributed by atoms with Crippen LogP contribution in [-0.2, 0) is 4.79 Å². The number of carbonyl (C=O) groups is 1. The zero-order chi connectivity index (χ0) is 10.4. The van der Waals surface area contributed by atoms with Gasteiger partial charge >= 0.3 is 0 Å². The van der Waals surface area contributed by atoms with Crippen molar-refractivity contribution in [3.05, 3.63) is 0 Å². The molecule has 3 heteroatoms. The van der Waals surface area contributed by atoms with Gasteiger partial charge in [0.15, 0.2) is 0 Å². The van der Waals surface area contributed by atoms with Crippen LogP contribution >= 0.6 is 11.6 Å². The predicted molar refractivity (Wildman–Crippen MR) is 59.6 cm³/mol. The molecule has 0 radical (unpaired) electrons. The van der Waals surface area contributed by atoms with Crippen molar-refractivity contribution in [3.63, 3.8) is 0 Å². The molecular weight excluding hydrogens is 198 g/mol. The largest absolute Gasteiger partial charge is 0.343 e. The Kier molecular flexibility index (Phi) is 5.31. The molecule has 2 nitrogen and oxygen atoms in total. The third-order valence-corrected chi connectivity index (χ3v) is 3.26. The van der Waals surface area contributed by atoms with Crippen LogP contribution in [0, 0.1) is 0 Å². The highest BCUT2D eigenvalue weighted by atomic mass is 35.5. The monoisotopic (exact) mass is 217 g/mol. The Hall–Kier alpha value is -0.240. The number of amides is 1. The van der Waals surface area contributed by atoms with Gasteiger partial charge < -0.3 is 4.90 Å². The minimum atomic E-state index is 0.201. The third-order valence-electron chi connectivity index (χ3n) is 3.07. The summed E-state index contributed by atoms with van der Waals surface area (Å²) in [6.07, 6.45) is 8.01. The second kappa shape index (κ2) is 6.28. The molecule has 1 aliphatic rings. The Morgan fingerprint density at radius 3 is 2.36 bits per heavy atom. The normalized spacial score (nSPS) is 19.0. The predicted octanol–water partition coefficient (Wildman–Crippen LogP) is 2.80. The molecular formula is C11H20ClNO. The first-order chi connectivity index (χ1) is 6.75. The van der Waals surface area contributed by atoms with Crippen molar-refractivity contribution in [2.45, 2.75) is 51.0 Å². The van der Waals surface area contributed by atoms with Crippen molar-refractivity contribution < 1.29 is 4.79 Å². The van der Waals surface area contributed by atoms with Crippen molar-refractivity contribution in [1.29, 1.82) is 0 Å². The maximum Gasteiger partial charge on any atom is 0.223 e. The van der Waals surface area contributed by atoms with Gasteiger partial charge in [-0.2, -0.15) is 0 Å². The van der Waals surface area contributed by atoms with Gasteiger partial charge in [0.2, 0.25) is 5.91 Å². The molecule has 1 saturated carbocycles. The van der Waals surface area contributed by atoms with Crippen LogP contribution in [0.3, 0.4) is 0 Å². The lowest BCUT2D eigenvalue weighted by Gasteiger charge is -2.27. The Bertz CT molecular complexity index is 176. The summed E-state index contributed by atoms with van der Waals surface area (Å²) in [5.41, 5.74) is 0. The van der Waals surface area contributed by atoms with Gasteiger partial charge in [-0.15, -0.1) is 11.6 Å². The van der Waals surface area contributed by atoms with Gasteiger partial charge in [0.1, 0.15) is 0 Å². The van der Waals surface area contributed by atoms with Crippen molar-refractivity contribution >= 4 is 17.5 Å². The molecule has 1 rings (SSSR count). The fourth-order valence-electron chi connectivity index (χ4n) is 2.11. The van der Waals surface area contributed by atoms with Crippen LogP contribution in [-0.4, -0.2) is 29.8 Å². The van der Waals surface area contributed by atoms with Crippen LogP contribution in [0.5, 0.6) is 0 Å². The second-order valence-electron chi connectivity index (χ2n) is 4.09. The molecule has 0 atom stereocenters. The Labute approximate surface area is 91.6 Å². The number of carbonyl (C=O) groups excluding carboxylic acids is 1. The van der Waals surface area contributed by atoms with E-state index in [4.69, 9.17) is 11.6 Å². The van der Waals surface area contributed by atoms with Gasteiger partial charge in [-0.25, -0.2) is 0 Å². The highest BCUT2D eigenvalue weighted by molar-refractivity contribution is 6.18. The zero-order valence-electron chi connectivity index (χ0n) is 8.97. The fourth-order valence-corrected chi connectivity index (χ4v) is 2.27. The molecule has 0 aromatic rings. The van der Waals surface area contributed by atoms with E-state index in [-0.39, 0.29) is 5.91 Å². The standard InChI is InChI=1S/C11H20ClNO/c1-13(11(14)8-9-12)10-6-4-2-3-5-7-10/h10H,2-9H2,1H3. The first-order valence-corrected chi connectivity index (χ1v) is 6.10. The van der Waals surface area contributed by atoms with Crippen molar-refractivity contribution in [2.24, 2.45) is 0 Å². The Morgan fingerprint density at radius 2 is 1.86 bits per heavy atom. The molecule has 0 aromatic carbocycles. The summed E-state index contributed by atoms with van der Waals surface area (Å²) >= 11 is 5.56. The Balaban J connectivity index is 2.40. The van der Waals surface area contributed by atoms with E-state index in [0.717, 1.165) is 0 Å². The van der Waals surface area contributed by atoms with Crippen molar-refractivity contribution in [3.8, 4) is 0 Å². The highest BCUT2D eigenvalue weighted by Gasteiger charge is 2.20. The van der Waals surface area contributed by atoms with E-state index >= 15 is 0 Å². The van der Waals surface area contributed by atoms with Gasteiger partial charge in [-0.3, -0.25) is 4.79 Å². The fraction of sp³-hybridized carbons (Fsp3) is 0.909. The number of alkyl halides is 1. The summed E-state index contributed by atoms with van der Waals surface area (Å²) in [4.78, 5) is 13.5. The van der Waals surface area contributed by atoms with E-state index < -0.39 is 0 Å². The lowest BCUT2D eigenvalue weighted by Crippen LogP contribution is -2.36. The number of rotatable bonds is 3. The first kappa shape index (κ1) is 11.8. The lowest BCUT2D eigenvalue weighted by molar-refractivity contribution is -0.131. The molecule has 1 aliphatic carbocycles. The number of halogens is 1. The molecule has 0 N–H and O–H groups in total. The molecule has 0 heterocycles. The average Bonchev–Trinajstić information content (AvgIpc) is 2.45. The maximum absolute atomic E-state index is 11.6. The molecule has 82 valence electrons. The van der Waals surface area contributed by atoms with Crippen LogP contribution in [0.1, 0.15) is 44.9 Å². The Morgan fingerprint density at radius 1 is 1.29 bits per heavy atom. The molecule has 0 bridgehead atoms. The summed E-state index contributed by atoms with van der Waals surface area (Å²) in [6, 6.07) is 0.466. The van der Waals surface area contributed by atoms with Crippen molar-refractivity contribution in [2.75, 3.05) is 12.9 Å². The molecule has 0 aromatic heterocycles. The summed E-state index contributed by atoms with van der Waals surface area (Å²) < 4.78 is 0. The lowest BCUT2D eigenvalue weighted by atomic mass is 10.1. The van der Waals surface area contributed by atoms with E-state index in [9.17, 15) is 4.79 Å². The third kappa shape index (κ3) is 3.49. The van der Waals surface area contributed by atoms with Crippen LogP contribution in [0.4, 0.5) is 0 Å². The SMILES string of the molecule is CN(C(=O)CCCl)C1CCCCCC1. The van der Waals surface area contributed by atoms with Gasteiger partial charge in [-0.05, 0) is 12.8 Å². The van der Waals surface area contributed by atoms with Gasteiger partial charge in [-0.1, -0.05) is 25.7 Å². The smallest absolute Gasteiger partial charge is 0.223 e. The second-order valence-corrected chi connectivity index (χ2v) is 4.47. The minimum absolute atomic E-state index is 0.201. The zero-order valence-corrected chi connectivity index (χ0v) is 9.72. The topological polar surface area (TPSA) is 20.3 Å². The summed E-state index contributed by atoms with van der Waals surface area (Å²) in [6.45, 7) is 0. The van der Waals surface area contributed by atoms with Gasteiger partial charge in [0.05, 0.1) is 0 Å². The van der Waals surface area contributed by atoms with Crippen LogP contribution in [0.15, 0.2) is 0 Å². The molecule has 0 aliphatic heterocycles. The number of hydrogen-bond acceptors (Lipinski definition) is 1. The van der Waals surface area contributed by atoms with Gasteiger partial charge in [0.25, 0.3) is 0 Å². The first-order valence-electron chi connectivity index (χ1n) is 5.57. The molecule has 1 amide bonds. The molecule has 1 fully saturated rings.